The first kappa shape index (κ1) is 21.0. The van der Waals surface area contributed by atoms with Crippen LogP contribution >= 0.6 is 11.6 Å². The van der Waals surface area contributed by atoms with Crippen LogP contribution in [0.15, 0.2) is 59.6 Å². The predicted octanol–water partition coefficient (Wildman–Crippen LogP) is 3.20. The number of carbonyl (C=O) groups excluding carboxylic acids is 1. The van der Waals surface area contributed by atoms with E-state index in [1.807, 2.05) is 30.3 Å². The van der Waals surface area contributed by atoms with Crippen LogP contribution in [0, 0.1) is 0 Å². The van der Waals surface area contributed by atoms with Gasteiger partial charge in [0.2, 0.25) is 10.0 Å². The molecule has 1 aromatic heterocycles. The highest BCUT2D eigenvalue weighted by molar-refractivity contribution is 7.89. The summed E-state index contributed by atoms with van der Waals surface area (Å²) >= 11 is 6.16. The number of anilines is 1. The summed E-state index contributed by atoms with van der Waals surface area (Å²) in [5, 5.41) is 10.6. The number of benzene rings is 2. The molecule has 0 spiro atoms. The average molecular weight is 434 g/mol. The topological polar surface area (TPSA) is 97.2 Å². The van der Waals surface area contributed by atoms with Gasteiger partial charge < -0.3 is 5.32 Å². The van der Waals surface area contributed by atoms with Crippen molar-refractivity contribution in [1.82, 2.24) is 19.3 Å². The van der Waals surface area contributed by atoms with Crippen LogP contribution in [0.2, 0.25) is 5.02 Å². The Morgan fingerprint density at radius 2 is 1.83 bits per heavy atom. The molecule has 8 nitrogen and oxygen atoms in total. The van der Waals surface area contributed by atoms with Gasteiger partial charge in [-0.2, -0.15) is 4.31 Å². The van der Waals surface area contributed by atoms with Gasteiger partial charge in [0, 0.05) is 13.1 Å². The molecule has 3 rings (SSSR count). The Balaban J connectivity index is 1.85. The molecule has 29 heavy (non-hydrogen) atoms. The normalized spacial score (nSPS) is 11.6. The van der Waals surface area contributed by atoms with Gasteiger partial charge in [-0.3, -0.25) is 4.79 Å². The van der Waals surface area contributed by atoms with Gasteiger partial charge >= 0.3 is 0 Å². The Labute approximate surface area is 174 Å². The predicted molar refractivity (Wildman–Crippen MR) is 111 cm³/mol. The molecule has 3 aromatic rings. The lowest BCUT2D eigenvalue weighted by atomic mass is 10.3. The van der Waals surface area contributed by atoms with E-state index in [0.717, 1.165) is 5.69 Å². The smallest absolute Gasteiger partial charge is 0.277 e. The molecule has 0 unspecified atom stereocenters. The van der Waals surface area contributed by atoms with Crippen molar-refractivity contribution in [2.45, 2.75) is 18.7 Å². The summed E-state index contributed by atoms with van der Waals surface area (Å²) in [5.74, 6) is -0.550. The van der Waals surface area contributed by atoms with Gasteiger partial charge in [0.05, 0.1) is 27.5 Å². The summed E-state index contributed by atoms with van der Waals surface area (Å²) in [6.07, 6.45) is 1.48. The standard InChI is InChI=1S/C19H20ClN5O3S/c1-3-24(4-2)29(27,28)15-10-11-16(20)17(12-15)21-19(26)18-13-25(23-22-18)14-8-6-5-7-9-14/h5-13H,3-4H2,1-2H3,(H,21,26). The lowest BCUT2D eigenvalue weighted by Gasteiger charge is -2.19. The number of hydrogen-bond donors (Lipinski definition) is 1. The van der Waals surface area contributed by atoms with E-state index in [4.69, 9.17) is 11.6 Å². The van der Waals surface area contributed by atoms with Crippen molar-refractivity contribution in [1.29, 1.82) is 0 Å². The van der Waals surface area contributed by atoms with Gasteiger partial charge in [0.15, 0.2) is 5.69 Å². The molecule has 0 fully saturated rings. The van der Waals surface area contributed by atoms with E-state index < -0.39 is 15.9 Å². The number of rotatable bonds is 7. The van der Waals surface area contributed by atoms with E-state index in [0.29, 0.717) is 13.1 Å². The van der Waals surface area contributed by atoms with Crippen molar-refractivity contribution < 1.29 is 13.2 Å². The fourth-order valence-corrected chi connectivity index (χ4v) is 4.38. The van der Waals surface area contributed by atoms with E-state index in [1.165, 1.54) is 33.4 Å². The lowest BCUT2D eigenvalue weighted by Crippen LogP contribution is -2.30. The summed E-state index contributed by atoms with van der Waals surface area (Å²) in [6, 6.07) is 13.4. The number of carbonyl (C=O) groups is 1. The van der Waals surface area contributed by atoms with Crippen molar-refractivity contribution in [3.8, 4) is 5.69 Å². The number of amides is 1. The van der Waals surface area contributed by atoms with Crippen molar-refractivity contribution >= 4 is 33.2 Å². The van der Waals surface area contributed by atoms with E-state index in [9.17, 15) is 13.2 Å². The molecule has 1 heterocycles. The zero-order chi connectivity index (χ0) is 21.0. The van der Waals surface area contributed by atoms with Crippen molar-refractivity contribution in [2.24, 2.45) is 0 Å². The SMILES string of the molecule is CCN(CC)S(=O)(=O)c1ccc(Cl)c(NC(=O)c2cn(-c3ccccc3)nn2)c1. The van der Waals surface area contributed by atoms with Crippen LogP contribution in [0.3, 0.4) is 0 Å². The molecule has 2 aromatic carbocycles. The van der Waals surface area contributed by atoms with Gasteiger partial charge in [-0.1, -0.05) is 48.9 Å². The monoisotopic (exact) mass is 433 g/mol. The number of hydrogen-bond acceptors (Lipinski definition) is 5. The Morgan fingerprint density at radius 3 is 2.48 bits per heavy atom. The molecule has 0 aliphatic carbocycles. The first-order chi connectivity index (χ1) is 13.9. The number of sulfonamides is 1. The molecule has 1 amide bonds. The van der Waals surface area contributed by atoms with Crippen LogP contribution in [0.4, 0.5) is 5.69 Å². The Hall–Kier alpha value is -2.75. The first-order valence-electron chi connectivity index (χ1n) is 8.95. The second-order valence-corrected chi connectivity index (χ2v) is 8.41. The highest BCUT2D eigenvalue weighted by atomic mass is 35.5. The van der Waals surface area contributed by atoms with E-state index in [1.54, 1.807) is 13.8 Å². The van der Waals surface area contributed by atoms with Gasteiger partial charge in [0.1, 0.15) is 0 Å². The molecule has 0 atom stereocenters. The maximum Gasteiger partial charge on any atom is 0.277 e. The minimum atomic E-state index is -3.68. The third kappa shape index (κ3) is 4.47. The molecular weight excluding hydrogens is 414 g/mol. The van der Waals surface area contributed by atoms with Crippen LogP contribution in [0.1, 0.15) is 24.3 Å². The van der Waals surface area contributed by atoms with E-state index >= 15 is 0 Å². The molecule has 0 saturated carbocycles. The van der Waals surface area contributed by atoms with Gasteiger partial charge in [-0.15, -0.1) is 5.10 Å². The van der Waals surface area contributed by atoms with Crippen LogP contribution in [-0.2, 0) is 10.0 Å². The number of nitrogens with zero attached hydrogens (tertiary/aromatic N) is 4. The van der Waals surface area contributed by atoms with Gasteiger partial charge in [-0.05, 0) is 30.3 Å². The van der Waals surface area contributed by atoms with Crippen molar-refractivity contribution in [2.75, 3.05) is 18.4 Å². The van der Waals surface area contributed by atoms with Crippen molar-refractivity contribution in [3.63, 3.8) is 0 Å². The second kappa shape index (κ2) is 8.73. The molecule has 0 radical (unpaired) electrons. The summed E-state index contributed by atoms with van der Waals surface area (Å²) in [5.41, 5.74) is 1.01. The maximum atomic E-state index is 12.7. The third-order valence-corrected chi connectivity index (χ3v) is 6.65. The molecule has 10 heteroatoms. The second-order valence-electron chi connectivity index (χ2n) is 6.07. The van der Waals surface area contributed by atoms with Crippen LogP contribution < -0.4 is 5.32 Å². The lowest BCUT2D eigenvalue weighted by molar-refractivity contribution is 0.102. The molecule has 0 aliphatic rings. The third-order valence-electron chi connectivity index (χ3n) is 4.28. The van der Waals surface area contributed by atoms with Crippen LogP contribution in [-0.4, -0.2) is 46.7 Å². The van der Waals surface area contributed by atoms with E-state index in [-0.39, 0.29) is 21.3 Å². The summed E-state index contributed by atoms with van der Waals surface area (Å²) in [4.78, 5) is 12.6. The summed E-state index contributed by atoms with van der Waals surface area (Å²) < 4.78 is 28.2. The number of halogens is 1. The zero-order valence-electron chi connectivity index (χ0n) is 15.9. The Kier molecular flexibility index (Phi) is 6.31. The fourth-order valence-electron chi connectivity index (χ4n) is 2.73. The van der Waals surface area contributed by atoms with Crippen molar-refractivity contribution in [3.05, 3.63) is 65.4 Å². The summed E-state index contributed by atoms with van der Waals surface area (Å²) in [6.45, 7) is 4.20. The molecule has 1 N–H and O–H groups in total. The Bertz CT molecular complexity index is 1110. The maximum absolute atomic E-state index is 12.7. The number of nitrogens with one attached hydrogen (secondary N) is 1. The number of para-hydroxylation sites is 1. The first-order valence-corrected chi connectivity index (χ1v) is 10.8. The highest BCUT2D eigenvalue weighted by Crippen LogP contribution is 2.27. The number of aromatic nitrogens is 3. The van der Waals surface area contributed by atoms with Crippen LogP contribution in [0.25, 0.3) is 5.69 Å². The summed E-state index contributed by atoms with van der Waals surface area (Å²) in [7, 11) is -3.68. The van der Waals surface area contributed by atoms with E-state index in [2.05, 4.69) is 15.6 Å². The minimum Gasteiger partial charge on any atom is -0.319 e. The molecule has 0 saturated heterocycles. The van der Waals surface area contributed by atoms with Crippen LogP contribution in [0.5, 0.6) is 0 Å². The Morgan fingerprint density at radius 1 is 1.14 bits per heavy atom. The van der Waals surface area contributed by atoms with Gasteiger partial charge in [-0.25, -0.2) is 13.1 Å². The molecule has 152 valence electrons. The largest absolute Gasteiger partial charge is 0.319 e. The van der Waals surface area contributed by atoms with Gasteiger partial charge in [0.25, 0.3) is 5.91 Å². The molecule has 0 aliphatic heterocycles. The highest BCUT2D eigenvalue weighted by Gasteiger charge is 2.23. The average Bonchev–Trinajstić information content (AvgIpc) is 3.21. The minimum absolute atomic E-state index is 0.0499. The quantitative estimate of drug-likeness (QED) is 0.617. The zero-order valence-corrected chi connectivity index (χ0v) is 17.5. The fraction of sp³-hybridized carbons (Fsp3) is 0.211. The molecule has 0 bridgehead atoms. The molecular formula is C19H20ClN5O3S.